The Bertz CT molecular complexity index is 432. The van der Waals surface area contributed by atoms with Gasteiger partial charge in [-0.05, 0) is 44.0 Å². The van der Waals surface area contributed by atoms with Crippen molar-refractivity contribution in [3.8, 4) is 5.75 Å². The lowest BCUT2D eigenvalue weighted by molar-refractivity contribution is -0.115. The third-order valence-electron chi connectivity index (χ3n) is 2.26. The summed E-state index contributed by atoms with van der Waals surface area (Å²) >= 11 is 16.5. The first-order valence-corrected chi connectivity index (χ1v) is 6.51. The zero-order valence-corrected chi connectivity index (χ0v) is 12.6. The van der Waals surface area contributed by atoms with Gasteiger partial charge in [0.05, 0.1) is 6.61 Å². The standard InChI is InChI=1S/C12H14Cl3NO2/c1-4-18-10-7(2)5-9(6-8(10)3)16-11(17)12(13,14)15/h5-6H,4H2,1-3H3,(H,16,17). The van der Waals surface area contributed by atoms with Crippen LogP contribution in [0, 0.1) is 13.8 Å². The van der Waals surface area contributed by atoms with Gasteiger partial charge in [-0.2, -0.15) is 0 Å². The maximum absolute atomic E-state index is 11.5. The third-order valence-corrected chi connectivity index (χ3v) is 2.78. The van der Waals surface area contributed by atoms with Gasteiger partial charge < -0.3 is 10.1 Å². The Kier molecular flexibility index (Phi) is 5.14. The molecule has 0 heterocycles. The molecule has 0 saturated carbocycles. The van der Waals surface area contributed by atoms with Crippen molar-refractivity contribution in [1.29, 1.82) is 0 Å². The summed E-state index contributed by atoms with van der Waals surface area (Å²) in [6.07, 6.45) is 0. The van der Waals surface area contributed by atoms with Crippen LogP contribution in [-0.2, 0) is 4.79 Å². The molecule has 3 nitrogen and oxygen atoms in total. The van der Waals surface area contributed by atoms with E-state index >= 15 is 0 Å². The van der Waals surface area contributed by atoms with Crippen LogP contribution in [0.2, 0.25) is 0 Å². The molecule has 0 aromatic heterocycles. The van der Waals surface area contributed by atoms with Gasteiger partial charge in [-0.1, -0.05) is 34.8 Å². The molecule has 1 rings (SSSR count). The van der Waals surface area contributed by atoms with Gasteiger partial charge in [0.1, 0.15) is 5.75 Å². The minimum absolute atomic E-state index is 0.574. The van der Waals surface area contributed by atoms with Crippen molar-refractivity contribution in [2.75, 3.05) is 11.9 Å². The molecule has 0 atom stereocenters. The third kappa shape index (κ3) is 3.94. The molecule has 0 aliphatic heterocycles. The van der Waals surface area contributed by atoms with Gasteiger partial charge in [-0.3, -0.25) is 4.79 Å². The van der Waals surface area contributed by atoms with E-state index in [0.717, 1.165) is 16.9 Å². The van der Waals surface area contributed by atoms with Crippen molar-refractivity contribution in [2.45, 2.75) is 24.6 Å². The first-order chi connectivity index (χ1) is 8.25. The van der Waals surface area contributed by atoms with Crippen molar-refractivity contribution >= 4 is 46.4 Å². The molecule has 0 aliphatic rings. The van der Waals surface area contributed by atoms with E-state index in [1.807, 2.05) is 20.8 Å². The predicted molar refractivity (Wildman–Crippen MR) is 76.0 cm³/mol. The molecule has 0 fully saturated rings. The fourth-order valence-electron chi connectivity index (χ4n) is 1.60. The smallest absolute Gasteiger partial charge is 0.276 e. The quantitative estimate of drug-likeness (QED) is 0.857. The predicted octanol–water partition coefficient (Wildman–Crippen LogP) is 4.01. The molecule has 18 heavy (non-hydrogen) atoms. The summed E-state index contributed by atoms with van der Waals surface area (Å²) < 4.78 is 3.53. The Morgan fingerprint density at radius 2 is 1.78 bits per heavy atom. The van der Waals surface area contributed by atoms with E-state index in [4.69, 9.17) is 39.5 Å². The van der Waals surface area contributed by atoms with Crippen molar-refractivity contribution in [3.63, 3.8) is 0 Å². The van der Waals surface area contributed by atoms with Crippen LogP contribution in [0.5, 0.6) is 5.75 Å². The zero-order valence-electron chi connectivity index (χ0n) is 10.3. The Morgan fingerprint density at radius 1 is 1.28 bits per heavy atom. The van der Waals surface area contributed by atoms with E-state index in [9.17, 15) is 4.79 Å². The molecule has 1 aromatic rings. The normalized spacial score (nSPS) is 11.2. The summed E-state index contributed by atoms with van der Waals surface area (Å²) in [5.41, 5.74) is 2.40. The molecule has 1 aromatic carbocycles. The molecule has 0 aliphatic carbocycles. The maximum atomic E-state index is 11.5. The number of carbonyl (C=O) groups is 1. The molecule has 6 heteroatoms. The molecule has 0 saturated heterocycles. The Morgan fingerprint density at radius 3 is 2.17 bits per heavy atom. The summed E-state index contributed by atoms with van der Waals surface area (Å²) in [4.78, 5) is 11.5. The number of alkyl halides is 3. The summed E-state index contributed by atoms with van der Waals surface area (Å²) in [6.45, 7) is 6.28. The second-order valence-electron chi connectivity index (χ2n) is 3.82. The lowest BCUT2D eigenvalue weighted by atomic mass is 10.1. The number of hydrogen-bond acceptors (Lipinski definition) is 2. The van der Waals surface area contributed by atoms with E-state index in [1.165, 1.54) is 0 Å². The van der Waals surface area contributed by atoms with Crippen LogP contribution in [0.25, 0.3) is 0 Å². The van der Waals surface area contributed by atoms with Gasteiger partial charge >= 0.3 is 0 Å². The molecule has 0 unspecified atom stereocenters. The average molecular weight is 311 g/mol. The van der Waals surface area contributed by atoms with Crippen molar-refractivity contribution in [3.05, 3.63) is 23.3 Å². The highest BCUT2D eigenvalue weighted by molar-refractivity contribution is 6.76. The van der Waals surface area contributed by atoms with Crippen LogP contribution in [0.3, 0.4) is 0 Å². The summed E-state index contributed by atoms with van der Waals surface area (Å²) in [7, 11) is 0. The fourth-order valence-corrected chi connectivity index (χ4v) is 1.74. The number of ether oxygens (including phenoxy) is 1. The van der Waals surface area contributed by atoms with E-state index in [-0.39, 0.29) is 0 Å². The first kappa shape index (κ1) is 15.4. The van der Waals surface area contributed by atoms with Crippen molar-refractivity contribution < 1.29 is 9.53 Å². The van der Waals surface area contributed by atoms with E-state index in [0.29, 0.717) is 12.3 Å². The molecule has 100 valence electrons. The molecule has 1 N–H and O–H groups in total. The molecule has 0 spiro atoms. The Labute approximate surface area is 121 Å². The highest BCUT2D eigenvalue weighted by atomic mass is 35.6. The molecular weight excluding hydrogens is 296 g/mol. The summed E-state index contributed by atoms with van der Waals surface area (Å²) in [5.74, 6) is 0.125. The van der Waals surface area contributed by atoms with Crippen LogP contribution in [-0.4, -0.2) is 16.3 Å². The van der Waals surface area contributed by atoms with Crippen LogP contribution >= 0.6 is 34.8 Å². The number of amides is 1. The number of aryl methyl sites for hydroxylation is 2. The number of anilines is 1. The lowest BCUT2D eigenvalue weighted by Gasteiger charge is -2.15. The summed E-state index contributed by atoms with van der Waals surface area (Å²) in [6, 6.07) is 3.54. The van der Waals surface area contributed by atoms with Crippen molar-refractivity contribution in [2.24, 2.45) is 0 Å². The second-order valence-corrected chi connectivity index (χ2v) is 6.11. The van der Waals surface area contributed by atoms with Crippen LogP contribution in [0.15, 0.2) is 12.1 Å². The van der Waals surface area contributed by atoms with Gasteiger partial charge in [0.25, 0.3) is 9.70 Å². The molecule has 0 radical (unpaired) electrons. The number of halogens is 3. The second kappa shape index (κ2) is 6.00. The highest BCUT2D eigenvalue weighted by Crippen LogP contribution is 2.30. The van der Waals surface area contributed by atoms with E-state index in [2.05, 4.69) is 5.32 Å². The van der Waals surface area contributed by atoms with Crippen LogP contribution in [0.4, 0.5) is 5.69 Å². The topological polar surface area (TPSA) is 38.3 Å². The minimum Gasteiger partial charge on any atom is -0.493 e. The lowest BCUT2D eigenvalue weighted by Crippen LogP contribution is -2.27. The summed E-state index contributed by atoms with van der Waals surface area (Å²) in [5, 5.41) is 2.54. The van der Waals surface area contributed by atoms with E-state index < -0.39 is 9.70 Å². The number of rotatable bonds is 3. The number of nitrogens with one attached hydrogen (secondary N) is 1. The van der Waals surface area contributed by atoms with Gasteiger partial charge in [0.2, 0.25) is 0 Å². The average Bonchev–Trinajstić information content (AvgIpc) is 2.22. The SMILES string of the molecule is CCOc1c(C)cc(NC(=O)C(Cl)(Cl)Cl)cc1C. The largest absolute Gasteiger partial charge is 0.493 e. The highest BCUT2D eigenvalue weighted by Gasteiger charge is 2.30. The maximum Gasteiger partial charge on any atom is 0.276 e. The van der Waals surface area contributed by atoms with Crippen molar-refractivity contribution in [1.82, 2.24) is 0 Å². The van der Waals surface area contributed by atoms with Gasteiger partial charge in [0.15, 0.2) is 0 Å². The monoisotopic (exact) mass is 309 g/mol. The fraction of sp³-hybridized carbons (Fsp3) is 0.417. The molecule has 1 amide bonds. The number of carbonyl (C=O) groups excluding carboxylic acids is 1. The Hall–Kier alpha value is -0.640. The number of benzene rings is 1. The van der Waals surface area contributed by atoms with E-state index in [1.54, 1.807) is 12.1 Å². The Balaban J connectivity index is 2.97. The van der Waals surface area contributed by atoms with Gasteiger partial charge in [0, 0.05) is 5.69 Å². The van der Waals surface area contributed by atoms with Gasteiger partial charge in [-0.25, -0.2) is 0 Å². The number of hydrogen-bond donors (Lipinski definition) is 1. The molecular formula is C12H14Cl3NO2. The molecule has 0 bridgehead atoms. The first-order valence-electron chi connectivity index (χ1n) is 5.38. The van der Waals surface area contributed by atoms with Crippen LogP contribution < -0.4 is 10.1 Å². The van der Waals surface area contributed by atoms with Crippen LogP contribution in [0.1, 0.15) is 18.1 Å². The van der Waals surface area contributed by atoms with Gasteiger partial charge in [-0.15, -0.1) is 0 Å². The zero-order chi connectivity index (χ0) is 13.9. The minimum atomic E-state index is -1.97.